The van der Waals surface area contributed by atoms with Crippen LogP contribution in [0.1, 0.15) is 64.3 Å². The SMILES string of the molecule is CC/C=C/c1ccc(O)c(OC)c1.CC1CCC(C)CC1.Cc1nc(N(C)C)c2ccccc2n1. The van der Waals surface area contributed by atoms with Crippen LogP contribution < -0.4 is 9.64 Å². The van der Waals surface area contributed by atoms with E-state index >= 15 is 0 Å². The Morgan fingerprint density at radius 1 is 1.00 bits per heavy atom. The molecule has 0 aliphatic heterocycles. The van der Waals surface area contributed by atoms with E-state index in [4.69, 9.17) is 4.74 Å². The van der Waals surface area contributed by atoms with E-state index in [0.29, 0.717) is 5.75 Å². The molecule has 2 aromatic carbocycles. The smallest absolute Gasteiger partial charge is 0.161 e. The minimum atomic E-state index is 0.177. The molecule has 4 rings (SSSR count). The quantitative estimate of drug-likeness (QED) is 0.418. The van der Waals surface area contributed by atoms with Crippen molar-refractivity contribution in [2.75, 3.05) is 26.1 Å². The Balaban J connectivity index is 0.000000192. The van der Waals surface area contributed by atoms with Crippen molar-refractivity contribution in [3.8, 4) is 11.5 Å². The number of rotatable bonds is 4. The predicted molar refractivity (Wildman–Crippen MR) is 149 cm³/mol. The number of phenolic OH excluding ortho intramolecular Hbond substituents is 1. The molecule has 0 amide bonds. The Labute approximate surface area is 211 Å². The van der Waals surface area contributed by atoms with Gasteiger partial charge in [0.25, 0.3) is 0 Å². The van der Waals surface area contributed by atoms with Crippen molar-refractivity contribution < 1.29 is 9.84 Å². The Hall–Kier alpha value is -3.08. The number of aromatic hydroxyl groups is 1. The molecular weight excluding hydrogens is 434 g/mol. The lowest BCUT2D eigenvalue weighted by Crippen LogP contribution is -2.12. The maximum absolute atomic E-state index is 9.31. The van der Waals surface area contributed by atoms with Crippen LogP contribution in [0.3, 0.4) is 0 Å². The molecular formula is C30H43N3O2. The number of benzene rings is 2. The summed E-state index contributed by atoms with van der Waals surface area (Å²) in [6, 6.07) is 13.4. The number of ether oxygens (including phenoxy) is 1. The van der Waals surface area contributed by atoms with Gasteiger partial charge in [0, 0.05) is 19.5 Å². The molecule has 1 aliphatic carbocycles. The third-order valence-electron chi connectivity index (χ3n) is 6.17. The largest absolute Gasteiger partial charge is 0.504 e. The molecule has 1 aliphatic rings. The number of para-hydroxylation sites is 1. The fourth-order valence-corrected chi connectivity index (χ4v) is 3.99. The van der Waals surface area contributed by atoms with E-state index in [0.717, 1.165) is 46.4 Å². The van der Waals surface area contributed by atoms with Crippen LogP contribution in [0, 0.1) is 18.8 Å². The fourth-order valence-electron chi connectivity index (χ4n) is 3.99. The third kappa shape index (κ3) is 9.23. The van der Waals surface area contributed by atoms with Gasteiger partial charge in [-0.05, 0) is 55.0 Å². The average molecular weight is 478 g/mol. The summed E-state index contributed by atoms with van der Waals surface area (Å²) in [5, 5.41) is 10.4. The summed E-state index contributed by atoms with van der Waals surface area (Å²) in [6.45, 7) is 8.73. The van der Waals surface area contributed by atoms with Crippen LogP contribution in [0.25, 0.3) is 17.0 Å². The van der Waals surface area contributed by atoms with Gasteiger partial charge in [0.1, 0.15) is 11.6 Å². The number of hydrogen-bond donors (Lipinski definition) is 1. The second kappa shape index (κ2) is 14.3. The highest BCUT2D eigenvalue weighted by molar-refractivity contribution is 5.89. The number of aryl methyl sites for hydroxylation is 1. The van der Waals surface area contributed by atoms with Crippen molar-refractivity contribution in [1.82, 2.24) is 9.97 Å². The van der Waals surface area contributed by atoms with Gasteiger partial charge in [-0.25, -0.2) is 9.97 Å². The van der Waals surface area contributed by atoms with Gasteiger partial charge in [-0.2, -0.15) is 0 Å². The summed E-state index contributed by atoms with van der Waals surface area (Å²) in [5.41, 5.74) is 2.04. The zero-order valence-corrected chi connectivity index (χ0v) is 22.6. The Kier molecular flexibility index (Phi) is 11.5. The van der Waals surface area contributed by atoms with Gasteiger partial charge < -0.3 is 14.7 Å². The summed E-state index contributed by atoms with van der Waals surface area (Å²) >= 11 is 0. The van der Waals surface area contributed by atoms with Crippen LogP contribution >= 0.6 is 0 Å². The van der Waals surface area contributed by atoms with Gasteiger partial charge >= 0.3 is 0 Å². The molecule has 5 heteroatoms. The molecule has 1 N–H and O–H groups in total. The molecule has 0 atom stereocenters. The van der Waals surface area contributed by atoms with Gasteiger partial charge in [0.15, 0.2) is 11.5 Å². The van der Waals surface area contributed by atoms with E-state index in [-0.39, 0.29) is 5.75 Å². The standard InChI is InChI=1S/C11H13N3.C11H14O2.C8H16/c1-8-12-10-7-5-4-6-9(10)11(13-8)14(2)3;1-3-4-5-9-6-7-10(12)11(8-9)13-2;1-7-3-5-8(2)6-4-7/h4-7H,1-3H3;4-8,12H,3H2,1-2H3;7-8H,3-6H2,1-2H3/b;5-4+;. The van der Waals surface area contributed by atoms with Crippen molar-refractivity contribution >= 4 is 22.8 Å². The normalized spacial score (nSPS) is 17.2. The molecule has 1 fully saturated rings. The van der Waals surface area contributed by atoms with Gasteiger partial charge in [0.05, 0.1) is 12.6 Å². The molecule has 1 saturated carbocycles. The van der Waals surface area contributed by atoms with Crippen LogP contribution in [0.15, 0.2) is 48.5 Å². The zero-order chi connectivity index (χ0) is 25.8. The minimum absolute atomic E-state index is 0.177. The summed E-state index contributed by atoms with van der Waals surface area (Å²) in [7, 11) is 5.53. The lowest BCUT2D eigenvalue weighted by atomic mass is 9.84. The van der Waals surface area contributed by atoms with Gasteiger partial charge in [0.2, 0.25) is 0 Å². The van der Waals surface area contributed by atoms with E-state index in [1.54, 1.807) is 13.2 Å². The first-order chi connectivity index (χ1) is 16.7. The number of methoxy groups -OCH3 is 1. The molecule has 0 saturated heterocycles. The molecule has 3 aromatic rings. The van der Waals surface area contributed by atoms with Crippen molar-refractivity contribution in [3.63, 3.8) is 0 Å². The van der Waals surface area contributed by atoms with Crippen molar-refractivity contribution in [2.24, 2.45) is 11.8 Å². The second-order valence-corrected chi connectivity index (χ2v) is 9.61. The minimum Gasteiger partial charge on any atom is -0.504 e. The van der Waals surface area contributed by atoms with Crippen molar-refractivity contribution in [2.45, 2.75) is 59.8 Å². The topological polar surface area (TPSA) is 58.5 Å². The van der Waals surface area contributed by atoms with Gasteiger partial charge in [-0.1, -0.05) is 76.8 Å². The summed E-state index contributed by atoms with van der Waals surface area (Å²) < 4.78 is 4.98. The van der Waals surface area contributed by atoms with Gasteiger partial charge in [-0.3, -0.25) is 0 Å². The van der Waals surface area contributed by atoms with E-state index in [9.17, 15) is 5.11 Å². The summed E-state index contributed by atoms with van der Waals surface area (Å²) in [4.78, 5) is 10.8. The molecule has 0 radical (unpaired) electrons. The molecule has 0 bridgehead atoms. The maximum Gasteiger partial charge on any atom is 0.161 e. The van der Waals surface area contributed by atoms with Crippen LogP contribution in [-0.2, 0) is 0 Å². The van der Waals surface area contributed by atoms with E-state index in [2.05, 4.69) is 36.8 Å². The van der Waals surface area contributed by atoms with Gasteiger partial charge in [-0.15, -0.1) is 0 Å². The first kappa shape index (κ1) is 28.2. The van der Waals surface area contributed by atoms with Crippen molar-refractivity contribution in [1.29, 1.82) is 0 Å². The molecule has 190 valence electrons. The third-order valence-corrected chi connectivity index (χ3v) is 6.17. The molecule has 0 spiro atoms. The highest BCUT2D eigenvalue weighted by atomic mass is 16.5. The number of aromatic nitrogens is 2. The van der Waals surface area contributed by atoms with E-state index in [1.165, 1.54) is 25.7 Å². The Morgan fingerprint density at radius 3 is 2.20 bits per heavy atom. The van der Waals surface area contributed by atoms with Crippen LogP contribution in [-0.4, -0.2) is 36.3 Å². The first-order valence-corrected chi connectivity index (χ1v) is 12.7. The highest BCUT2D eigenvalue weighted by Gasteiger charge is 2.13. The first-order valence-electron chi connectivity index (χ1n) is 12.7. The molecule has 1 aromatic heterocycles. The molecule has 35 heavy (non-hydrogen) atoms. The van der Waals surface area contributed by atoms with Crippen molar-refractivity contribution in [3.05, 3.63) is 59.9 Å². The Bertz CT molecular complexity index is 1060. The molecule has 5 nitrogen and oxygen atoms in total. The van der Waals surface area contributed by atoms with E-state index < -0.39 is 0 Å². The number of allylic oxidation sites excluding steroid dienone is 1. The molecule has 1 heterocycles. The zero-order valence-electron chi connectivity index (χ0n) is 22.6. The average Bonchev–Trinajstić information content (AvgIpc) is 2.85. The number of hydrogen-bond acceptors (Lipinski definition) is 5. The molecule has 0 unspecified atom stereocenters. The monoisotopic (exact) mass is 477 g/mol. The maximum atomic E-state index is 9.31. The number of fused-ring (bicyclic) bond motifs is 1. The number of nitrogens with zero attached hydrogens (tertiary/aromatic N) is 3. The number of phenols is 1. The highest BCUT2D eigenvalue weighted by Crippen LogP contribution is 2.28. The summed E-state index contributed by atoms with van der Waals surface area (Å²) in [5.74, 6) is 4.52. The number of anilines is 1. The van der Waals surface area contributed by atoms with Crippen LogP contribution in [0.5, 0.6) is 11.5 Å². The lowest BCUT2D eigenvalue weighted by Gasteiger charge is -2.22. The van der Waals surface area contributed by atoms with E-state index in [1.807, 2.05) is 68.4 Å². The summed E-state index contributed by atoms with van der Waals surface area (Å²) in [6.07, 6.45) is 11.0. The fraction of sp³-hybridized carbons (Fsp3) is 0.467. The lowest BCUT2D eigenvalue weighted by molar-refractivity contribution is 0.308. The second-order valence-electron chi connectivity index (χ2n) is 9.61. The van der Waals surface area contributed by atoms with Crippen LogP contribution in [0.4, 0.5) is 5.82 Å². The Morgan fingerprint density at radius 2 is 1.63 bits per heavy atom. The predicted octanol–water partition coefficient (Wildman–Crippen LogP) is 7.66. The van der Waals surface area contributed by atoms with Crippen LogP contribution in [0.2, 0.25) is 0 Å².